The van der Waals surface area contributed by atoms with Crippen LogP contribution >= 0.6 is 0 Å². The fourth-order valence-corrected chi connectivity index (χ4v) is 1.78. The Hall–Kier alpha value is -2.71. The van der Waals surface area contributed by atoms with Crippen LogP contribution in [0.15, 0.2) is 24.4 Å². The minimum absolute atomic E-state index is 0.323. The number of aromatic nitrogens is 4. The third-order valence-electron chi connectivity index (χ3n) is 2.58. The number of nitrogens with one attached hydrogen (secondary N) is 2. The van der Waals surface area contributed by atoms with Gasteiger partial charge in [0.25, 0.3) is 0 Å². The van der Waals surface area contributed by atoms with Gasteiger partial charge in [-0.2, -0.15) is 5.10 Å². The molecule has 0 aliphatic rings. The number of ether oxygens (including phenoxy) is 1. The highest BCUT2D eigenvalue weighted by Crippen LogP contribution is 2.28. The van der Waals surface area contributed by atoms with Crippen LogP contribution in [0, 0.1) is 0 Å². The number of halogens is 3. The third-order valence-corrected chi connectivity index (χ3v) is 2.58. The van der Waals surface area contributed by atoms with Crippen LogP contribution in [0.1, 0.15) is 0 Å². The Balaban J connectivity index is 2.02. The summed E-state index contributed by atoms with van der Waals surface area (Å²) in [6, 6.07) is 3.83. The van der Waals surface area contributed by atoms with Crippen LogP contribution in [0.5, 0.6) is 5.75 Å². The van der Waals surface area contributed by atoms with Gasteiger partial charge in [0.15, 0.2) is 11.5 Å². The third kappa shape index (κ3) is 2.25. The lowest BCUT2D eigenvalue weighted by atomic mass is 10.3. The summed E-state index contributed by atoms with van der Waals surface area (Å²) < 4.78 is 40.3. The summed E-state index contributed by atoms with van der Waals surface area (Å²) in [5.41, 5.74) is 7.34. The predicted octanol–water partition coefficient (Wildman–Crippen LogP) is 2.43. The molecule has 1 aromatic carbocycles. The summed E-state index contributed by atoms with van der Waals surface area (Å²) in [4.78, 5) is 7.06. The number of H-pyrrole nitrogens is 2. The maximum absolute atomic E-state index is 12.1. The molecular formula is C11H8F3N5O. The number of alkyl halides is 3. The number of nitrogens with zero attached hydrogens (tertiary/aromatic N) is 2. The van der Waals surface area contributed by atoms with Crippen LogP contribution in [0.2, 0.25) is 0 Å². The molecule has 4 N–H and O–H groups in total. The number of nitrogen functional groups attached to an aromatic ring is 1. The van der Waals surface area contributed by atoms with Crippen molar-refractivity contribution in [3.8, 4) is 17.3 Å². The summed E-state index contributed by atoms with van der Waals surface area (Å²) in [6.07, 6.45) is -3.25. The molecule has 3 rings (SSSR count). The zero-order chi connectivity index (χ0) is 14.3. The highest BCUT2D eigenvalue weighted by molar-refractivity contribution is 5.82. The first kappa shape index (κ1) is 12.3. The molecule has 0 saturated carbocycles. The molecule has 0 atom stereocenters. The van der Waals surface area contributed by atoms with Crippen molar-refractivity contribution in [2.75, 3.05) is 5.73 Å². The van der Waals surface area contributed by atoms with E-state index in [1.54, 1.807) is 0 Å². The van der Waals surface area contributed by atoms with Gasteiger partial charge in [0.2, 0.25) is 0 Å². The van der Waals surface area contributed by atoms with Crippen molar-refractivity contribution in [3.63, 3.8) is 0 Å². The van der Waals surface area contributed by atoms with Crippen LogP contribution in [0.3, 0.4) is 0 Å². The van der Waals surface area contributed by atoms with E-state index in [-0.39, 0.29) is 5.75 Å². The van der Waals surface area contributed by atoms with Gasteiger partial charge in [0.1, 0.15) is 5.75 Å². The second-order valence-corrected chi connectivity index (χ2v) is 4.00. The number of nitrogens with two attached hydrogens (primary N) is 1. The molecule has 3 aromatic rings. The Kier molecular flexibility index (Phi) is 2.56. The summed E-state index contributed by atoms with van der Waals surface area (Å²) >= 11 is 0. The van der Waals surface area contributed by atoms with Gasteiger partial charge < -0.3 is 15.5 Å². The quantitative estimate of drug-likeness (QED) is 0.673. The van der Waals surface area contributed by atoms with Crippen molar-refractivity contribution in [2.24, 2.45) is 0 Å². The topological polar surface area (TPSA) is 92.6 Å². The second-order valence-electron chi connectivity index (χ2n) is 4.00. The molecule has 0 aliphatic carbocycles. The van der Waals surface area contributed by atoms with E-state index in [4.69, 9.17) is 5.73 Å². The fourth-order valence-electron chi connectivity index (χ4n) is 1.78. The van der Waals surface area contributed by atoms with E-state index in [9.17, 15) is 13.2 Å². The van der Waals surface area contributed by atoms with Gasteiger partial charge in [-0.05, 0) is 12.1 Å². The molecule has 0 radical (unpaired) electrons. The lowest BCUT2D eigenvalue weighted by molar-refractivity contribution is -0.274. The standard InChI is InChI=1S/C11H8F3N5O/c12-11(13,14)20-5-1-2-7-8(3-5)18-10(17-7)9-6(15)4-16-19-9/h1-4H,15H2,(H,16,19)(H,17,18). The maximum Gasteiger partial charge on any atom is 0.573 e. The number of imidazole rings is 1. The van der Waals surface area contributed by atoms with Crippen molar-refractivity contribution < 1.29 is 17.9 Å². The monoisotopic (exact) mass is 283 g/mol. The number of hydrogen-bond donors (Lipinski definition) is 3. The number of hydrogen-bond acceptors (Lipinski definition) is 4. The highest BCUT2D eigenvalue weighted by atomic mass is 19.4. The van der Waals surface area contributed by atoms with Crippen LogP contribution in [0.25, 0.3) is 22.6 Å². The average Bonchev–Trinajstić information content (AvgIpc) is 2.91. The molecule has 2 heterocycles. The lowest BCUT2D eigenvalue weighted by Gasteiger charge is -2.07. The zero-order valence-corrected chi connectivity index (χ0v) is 9.82. The number of anilines is 1. The van der Waals surface area contributed by atoms with Gasteiger partial charge in [-0.1, -0.05) is 0 Å². The largest absolute Gasteiger partial charge is 0.573 e. The molecule has 0 bridgehead atoms. The molecule has 104 valence electrons. The zero-order valence-electron chi connectivity index (χ0n) is 9.82. The normalized spacial score (nSPS) is 11.9. The number of fused-ring (bicyclic) bond motifs is 1. The molecule has 9 heteroatoms. The van der Waals surface area contributed by atoms with Crippen LogP contribution in [0.4, 0.5) is 18.9 Å². The van der Waals surface area contributed by atoms with Crippen LogP contribution in [-0.2, 0) is 0 Å². The van der Waals surface area contributed by atoms with E-state index in [0.717, 1.165) is 0 Å². The van der Waals surface area contributed by atoms with E-state index in [1.807, 2.05) is 0 Å². The molecule has 0 aliphatic heterocycles. The van der Waals surface area contributed by atoms with E-state index < -0.39 is 6.36 Å². The van der Waals surface area contributed by atoms with Gasteiger partial charge in [-0.15, -0.1) is 13.2 Å². The predicted molar refractivity (Wildman–Crippen MR) is 64.8 cm³/mol. The summed E-state index contributed by atoms with van der Waals surface area (Å²) in [5, 5.41) is 6.48. The highest BCUT2D eigenvalue weighted by Gasteiger charge is 2.31. The summed E-state index contributed by atoms with van der Waals surface area (Å²) in [7, 11) is 0. The van der Waals surface area contributed by atoms with Gasteiger partial charge >= 0.3 is 6.36 Å². The minimum atomic E-state index is -4.74. The van der Waals surface area contributed by atoms with Gasteiger partial charge in [-0.3, -0.25) is 5.10 Å². The molecular weight excluding hydrogens is 275 g/mol. The first-order valence-corrected chi connectivity index (χ1v) is 5.47. The molecule has 6 nitrogen and oxygen atoms in total. The number of aromatic amines is 2. The van der Waals surface area contributed by atoms with E-state index >= 15 is 0 Å². The second kappa shape index (κ2) is 4.15. The van der Waals surface area contributed by atoms with E-state index in [2.05, 4.69) is 24.9 Å². The SMILES string of the molecule is Nc1c[nH]nc1-c1nc2cc(OC(F)(F)F)ccc2[nH]1. The van der Waals surface area contributed by atoms with E-state index in [1.165, 1.54) is 24.4 Å². The smallest absolute Gasteiger partial charge is 0.406 e. The van der Waals surface area contributed by atoms with Crippen molar-refractivity contribution in [1.82, 2.24) is 20.2 Å². The maximum atomic E-state index is 12.1. The van der Waals surface area contributed by atoms with Crippen molar-refractivity contribution in [1.29, 1.82) is 0 Å². The molecule has 0 amide bonds. The number of rotatable bonds is 2. The molecule has 2 aromatic heterocycles. The fraction of sp³-hybridized carbons (Fsp3) is 0.0909. The van der Waals surface area contributed by atoms with Crippen LogP contribution < -0.4 is 10.5 Å². The molecule has 0 spiro atoms. The van der Waals surface area contributed by atoms with Gasteiger partial charge in [-0.25, -0.2) is 4.98 Å². The minimum Gasteiger partial charge on any atom is -0.406 e. The first-order valence-electron chi connectivity index (χ1n) is 5.47. The Labute approximate surface area is 109 Å². The molecule has 0 fully saturated rings. The van der Waals surface area contributed by atoms with Crippen molar-refractivity contribution in [3.05, 3.63) is 24.4 Å². The first-order chi connectivity index (χ1) is 9.42. The molecule has 0 saturated heterocycles. The molecule has 20 heavy (non-hydrogen) atoms. The Bertz CT molecular complexity index is 761. The Morgan fingerprint density at radius 3 is 2.70 bits per heavy atom. The molecule has 0 unspecified atom stereocenters. The van der Waals surface area contributed by atoms with Crippen molar-refractivity contribution >= 4 is 16.7 Å². The lowest BCUT2D eigenvalue weighted by Crippen LogP contribution is -2.16. The van der Waals surface area contributed by atoms with Gasteiger partial charge in [0, 0.05) is 12.3 Å². The Morgan fingerprint density at radius 1 is 1.25 bits per heavy atom. The number of benzene rings is 1. The van der Waals surface area contributed by atoms with E-state index in [0.29, 0.717) is 28.2 Å². The summed E-state index contributed by atoms with van der Waals surface area (Å²) in [6.45, 7) is 0. The van der Waals surface area contributed by atoms with Crippen molar-refractivity contribution in [2.45, 2.75) is 6.36 Å². The average molecular weight is 283 g/mol. The Morgan fingerprint density at radius 2 is 2.05 bits per heavy atom. The summed E-state index contributed by atoms with van der Waals surface area (Å²) in [5.74, 6) is 0.0287. The van der Waals surface area contributed by atoms with Crippen LogP contribution in [-0.4, -0.2) is 26.5 Å². The van der Waals surface area contributed by atoms with Gasteiger partial charge in [0.05, 0.1) is 16.7 Å².